The van der Waals surface area contributed by atoms with Crippen molar-refractivity contribution in [2.24, 2.45) is 0 Å². The molecule has 0 unspecified atom stereocenters. The third-order valence-corrected chi connectivity index (χ3v) is 2.92. The van der Waals surface area contributed by atoms with Crippen LogP contribution in [0.1, 0.15) is 29.8 Å². The summed E-state index contributed by atoms with van der Waals surface area (Å²) in [6.07, 6.45) is 4.36. The number of carbonyl (C=O) groups excluding carboxylic acids is 1. The van der Waals surface area contributed by atoms with Gasteiger partial charge in [0.05, 0.1) is 19.6 Å². The lowest BCUT2D eigenvalue weighted by molar-refractivity contribution is 0.0594. The molecule has 5 nitrogen and oxygen atoms in total. The van der Waals surface area contributed by atoms with Crippen LogP contribution < -0.4 is 4.90 Å². The van der Waals surface area contributed by atoms with E-state index in [4.69, 9.17) is 5.26 Å². The Morgan fingerprint density at radius 1 is 1.67 bits per heavy atom. The number of aromatic nitrogens is 1. The molecule has 0 radical (unpaired) electrons. The number of ether oxygens (including phenoxy) is 1. The Balaban J connectivity index is 2.19. The number of nitriles is 1. The molecule has 1 aromatic heterocycles. The van der Waals surface area contributed by atoms with Crippen LogP contribution in [-0.2, 0) is 4.74 Å². The summed E-state index contributed by atoms with van der Waals surface area (Å²) < 4.78 is 4.66. The summed E-state index contributed by atoms with van der Waals surface area (Å²) in [6.45, 7) is 0.686. The molecule has 2 rings (SSSR count). The van der Waals surface area contributed by atoms with Gasteiger partial charge >= 0.3 is 5.97 Å². The molecule has 18 heavy (non-hydrogen) atoms. The van der Waals surface area contributed by atoms with Crippen molar-refractivity contribution in [2.75, 3.05) is 18.6 Å². The van der Waals surface area contributed by atoms with Crippen molar-refractivity contribution in [3.05, 3.63) is 24.0 Å². The third-order valence-electron chi connectivity index (χ3n) is 2.92. The first-order valence-electron chi connectivity index (χ1n) is 5.94. The van der Waals surface area contributed by atoms with Crippen LogP contribution in [0.15, 0.2) is 18.3 Å². The molecule has 0 N–H and O–H groups in total. The second-order valence-electron chi connectivity index (χ2n) is 4.22. The van der Waals surface area contributed by atoms with Gasteiger partial charge in [-0.15, -0.1) is 0 Å². The van der Waals surface area contributed by atoms with Gasteiger partial charge < -0.3 is 9.64 Å². The predicted octanol–water partition coefficient (Wildman–Crippen LogP) is 1.75. The minimum atomic E-state index is -0.437. The lowest BCUT2D eigenvalue weighted by Gasteiger charge is -2.23. The average molecular weight is 245 g/mol. The maximum atomic E-state index is 11.4. The maximum Gasteiger partial charge on any atom is 0.356 e. The van der Waals surface area contributed by atoms with Gasteiger partial charge in [-0.25, -0.2) is 9.78 Å². The minimum absolute atomic E-state index is 0.303. The Labute approximate surface area is 106 Å². The zero-order chi connectivity index (χ0) is 13.0. The summed E-state index contributed by atoms with van der Waals surface area (Å²) in [4.78, 5) is 17.6. The number of pyridine rings is 1. The quantitative estimate of drug-likeness (QED) is 0.739. The van der Waals surface area contributed by atoms with Gasteiger partial charge in [0.15, 0.2) is 0 Å². The van der Waals surface area contributed by atoms with Crippen LogP contribution in [0.4, 0.5) is 5.69 Å². The number of hydrogen-bond donors (Lipinski definition) is 0. The van der Waals surface area contributed by atoms with E-state index in [1.54, 1.807) is 12.3 Å². The zero-order valence-corrected chi connectivity index (χ0v) is 10.3. The van der Waals surface area contributed by atoms with Gasteiger partial charge in [0.25, 0.3) is 0 Å². The first-order chi connectivity index (χ1) is 8.76. The summed E-state index contributed by atoms with van der Waals surface area (Å²) in [7, 11) is 1.34. The van der Waals surface area contributed by atoms with Crippen molar-refractivity contribution >= 4 is 11.7 Å². The van der Waals surface area contributed by atoms with E-state index in [9.17, 15) is 4.79 Å². The Morgan fingerprint density at radius 3 is 3.06 bits per heavy atom. The molecule has 1 aliphatic carbocycles. The van der Waals surface area contributed by atoms with Crippen molar-refractivity contribution in [3.63, 3.8) is 0 Å². The molecule has 0 atom stereocenters. The predicted molar refractivity (Wildman–Crippen MR) is 66.2 cm³/mol. The molecular weight excluding hydrogens is 230 g/mol. The van der Waals surface area contributed by atoms with Crippen LogP contribution in [0.3, 0.4) is 0 Å². The molecule has 1 fully saturated rings. The van der Waals surface area contributed by atoms with Gasteiger partial charge in [0, 0.05) is 24.5 Å². The fourth-order valence-corrected chi connectivity index (χ4v) is 1.89. The van der Waals surface area contributed by atoms with Gasteiger partial charge in [0.2, 0.25) is 0 Å². The first-order valence-corrected chi connectivity index (χ1v) is 5.94. The minimum Gasteiger partial charge on any atom is -0.464 e. The number of carbonyl (C=O) groups is 1. The Hall–Kier alpha value is -2.09. The van der Waals surface area contributed by atoms with Crippen molar-refractivity contribution < 1.29 is 9.53 Å². The molecular formula is C13H15N3O2. The molecule has 1 aromatic rings. The van der Waals surface area contributed by atoms with E-state index in [1.165, 1.54) is 7.11 Å². The summed E-state index contributed by atoms with van der Waals surface area (Å²) in [5.74, 6) is -0.437. The second kappa shape index (κ2) is 5.50. The SMILES string of the molecule is COC(=O)c1cc(N(CCC#N)C2CC2)ccn1. The number of esters is 1. The fraction of sp³-hybridized carbons (Fsp3) is 0.462. The van der Waals surface area contributed by atoms with Crippen LogP contribution in [0.25, 0.3) is 0 Å². The number of hydrogen-bond acceptors (Lipinski definition) is 5. The van der Waals surface area contributed by atoms with Gasteiger partial charge in [0.1, 0.15) is 5.69 Å². The summed E-state index contributed by atoms with van der Waals surface area (Å²) in [5.41, 5.74) is 1.24. The highest BCUT2D eigenvalue weighted by atomic mass is 16.5. The van der Waals surface area contributed by atoms with E-state index in [1.807, 2.05) is 6.07 Å². The molecule has 0 bridgehead atoms. The number of anilines is 1. The topological polar surface area (TPSA) is 66.2 Å². The van der Waals surface area contributed by atoms with Crippen LogP contribution in [0.5, 0.6) is 0 Å². The fourth-order valence-electron chi connectivity index (χ4n) is 1.89. The summed E-state index contributed by atoms with van der Waals surface area (Å²) in [5, 5.41) is 8.68. The molecule has 5 heteroatoms. The van der Waals surface area contributed by atoms with Crippen molar-refractivity contribution in [1.82, 2.24) is 4.98 Å². The van der Waals surface area contributed by atoms with E-state index < -0.39 is 5.97 Å². The van der Waals surface area contributed by atoms with E-state index in [2.05, 4.69) is 20.7 Å². The first kappa shape index (κ1) is 12.4. The standard InChI is InChI=1S/C13H15N3O2/c1-18-13(17)12-9-11(5-7-15-12)16(8-2-6-14)10-3-4-10/h5,7,9-10H,2-4,8H2,1H3. The van der Waals surface area contributed by atoms with Crippen LogP contribution in [-0.4, -0.2) is 30.6 Å². The molecule has 1 aliphatic rings. The van der Waals surface area contributed by atoms with Crippen LogP contribution in [0.2, 0.25) is 0 Å². The maximum absolute atomic E-state index is 11.4. The highest BCUT2D eigenvalue weighted by molar-refractivity contribution is 5.88. The molecule has 0 saturated heterocycles. The van der Waals surface area contributed by atoms with Crippen molar-refractivity contribution in [2.45, 2.75) is 25.3 Å². The molecule has 0 aliphatic heterocycles. The highest BCUT2D eigenvalue weighted by Crippen LogP contribution is 2.31. The van der Waals surface area contributed by atoms with Gasteiger partial charge in [-0.05, 0) is 25.0 Å². The zero-order valence-electron chi connectivity index (χ0n) is 10.3. The highest BCUT2D eigenvalue weighted by Gasteiger charge is 2.29. The summed E-state index contributed by atoms with van der Waals surface area (Å²) in [6, 6.07) is 6.23. The van der Waals surface area contributed by atoms with E-state index in [-0.39, 0.29) is 0 Å². The molecule has 0 spiro atoms. The molecule has 1 saturated carbocycles. The Bertz CT molecular complexity index is 477. The van der Waals surface area contributed by atoms with Gasteiger partial charge in [-0.3, -0.25) is 0 Å². The molecule has 0 aromatic carbocycles. The molecule has 0 amide bonds. The lowest BCUT2D eigenvalue weighted by Crippen LogP contribution is -2.27. The van der Waals surface area contributed by atoms with Gasteiger partial charge in [-0.2, -0.15) is 5.26 Å². The summed E-state index contributed by atoms with van der Waals surface area (Å²) >= 11 is 0. The smallest absolute Gasteiger partial charge is 0.356 e. The second-order valence-corrected chi connectivity index (χ2v) is 4.22. The molecule has 94 valence electrons. The van der Waals surface area contributed by atoms with Crippen molar-refractivity contribution in [1.29, 1.82) is 5.26 Å². The van der Waals surface area contributed by atoms with E-state index >= 15 is 0 Å². The largest absolute Gasteiger partial charge is 0.464 e. The Kier molecular flexibility index (Phi) is 3.78. The van der Waals surface area contributed by atoms with Crippen LogP contribution in [0, 0.1) is 11.3 Å². The van der Waals surface area contributed by atoms with Crippen molar-refractivity contribution in [3.8, 4) is 6.07 Å². The lowest BCUT2D eigenvalue weighted by atomic mass is 10.2. The number of nitrogens with zero attached hydrogens (tertiary/aromatic N) is 3. The Morgan fingerprint density at radius 2 is 2.44 bits per heavy atom. The van der Waals surface area contributed by atoms with E-state index in [0.29, 0.717) is 24.7 Å². The average Bonchev–Trinajstić information content (AvgIpc) is 3.23. The van der Waals surface area contributed by atoms with Gasteiger partial charge in [-0.1, -0.05) is 0 Å². The normalized spacial score (nSPS) is 13.8. The number of rotatable bonds is 5. The molecule has 1 heterocycles. The monoisotopic (exact) mass is 245 g/mol. The third kappa shape index (κ3) is 2.77. The van der Waals surface area contributed by atoms with E-state index in [0.717, 1.165) is 18.5 Å². The van der Waals surface area contributed by atoms with Crippen LogP contribution >= 0.6 is 0 Å². The number of methoxy groups -OCH3 is 1.